The number of nitrogens with two attached hydrogens (primary N) is 1. The van der Waals surface area contributed by atoms with Gasteiger partial charge < -0.3 is 11.1 Å². The van der Waals surface area contributed by atoms with Crippen LogP contribution in [-0.2, 0) is 0 Å². The first-order valence-electron chi connectivity index (χ1n) is 5.46. The molecule has 2 rings (SSSR count). The molecule has 0 bridgehead atoms. The van der Waals surface area contributed by atoms with Gasteiger partial charge in [-0.15, -0.1) is 0 Å². The van der Waals surface area contributed by atoms with E-state index in [0.29, 0.717) is 22.0 Å². The molecule has 0 aliphatic heterocycles. The predicted octanol–water partition coefficient (Wildman–Crippen LogP) is 3.64. The first-order valence-corrected chi connectivity index (χ1v) is 6.63. The summed E-state index contributed by atoms with van der Waals surface area (Å²) in [4.78, 5) is 16.2. The van der Waals surface area contributed by atoms with E-state index in [2.05, 4.69) is 26.2 Å². The first-order chi connectivity index (χ1) is 8.97. The number of nitrogen functional groups attached to an aromatic ring is 1. The number of nitrogens with zero attached hydrogens (tertiary/aromatic N) is 1. The standard InChI is InChI=1S/C13H11BrClN3O/c1-7-4-11(16)9(6-17-7)13(19)18-12-5-8(14)2-3-10(12)15/h2-6H,1H3,(H2,16,17)(H,18,19). The van der Waals surface area contributed by atoms with Gasteiger partial charge in [-0.3, -0.25) is 9.78 Å². The van der Waals surface area contributed by atoms with Gasteiger partial charge in [-0.1, -0.05) is 27.5 Å². The van der Waals surface area contributed by atoms with Gasteiger partial charge in [0.1, 0.15) is 0 Å². The molecular formula is C13H11BrClN3O. The smallest absolute Gasteiger partial charge is 0.259 e. The van der Waals surface area contributed by atoms with Crippen LogP contribution in [0.25, 0.3) is 0 Å². The number of amides is 1. The average Bonchev–Trinajstić information content (AvgIpc) is 2.33. The van der Waals surface area contributed by atoms with Crippen molar-refractivity contribution in [3.8, 4) is 0 Å². The molecule has 0 saturated heterocycles. The number of carbonyl (C=O) groups excluding carboxylic acids is 1. The van der Waals surface area contributed by atoms with E-state index in [1.54, 1.807) is 24.3 Å². The van der Waals surface area contributed by atoms with Gasteiger partial charge in [0.25, 0.3) is 5.91 Å². The fraction of sp³-hybridized carbons (Fsp3) is 0.0769. The zero-order valence-corrected chi connectivity index (χ0v) is 12.4. The average molecular weight is 341 g/mol. The number of aromatic nitrogens is 1. The lowest BCUT2D eigenvalue weighted by molar-refractivity contribution is 0.102. The zero-order valence-electron chi connectivity index (χ0n) is 10.1. The minimum Gasteiger partial charge on any atom is -0.398 e. The first kappa shape index (κ1) is 13.8. The van der Waals surface area contributed by atoms with Crippen molar-refractivity contribution in [1.82, 2.24) is 4.98 Å². The van der Waals surface area contributed by atoms with Gasteiger partial charge in [0, 0.05) is 22.1 Å². The summed E-state index contributed by atoms with van der Waals surface area (Å²) in [7, 11) is 0. The van der Waals surface area contributed by atoms with Gasteiger partial charge >= 0.3 is 0 Å². The lowest BCUT2D eigenvalue weighted by Crippen LogP contribution is -2.15. The monoisotopic (exact) mass is 339 g/mol. The maximum atomic E-state index is 12.1. The van der Waals surface area contributed by atoms with Gasteiger partial charge in [0.15, 0.2) is 0 Å². The normalized spacial score (nSPS) is 10.3. The van der Waals surface area contributed by atoms with E-state index >= 15 is 0 Å². The third-order valence-electron chi connectivity index (χ3n) is 2.49. The Morgan fingerprint density at radius 1 is 1.42 bits per heavy atom. The number of nitrogens with one attached hydrogen (secondary N) is 1. The van der Waals surface area contributed by atoms with Crippen LogP contribution in [-0.4, -0.2) is 10.9 Å². The fourth-order valence-electron chi connectivity index (χ4n) is 1.55. The Kier molecular flexibility index (Phi) is 4.07. The largest absolute Gasteiger partial charge is 0.398 e. The van der Waals surface area contributed by atoms with Gasteiger partial charge in [0.05, 0.1) is 16.3 Å². The molecule has 19 heavy (non-hydrogen) atoms. The van der Waals surface area contributed by atoms with Crippen LogP contribution < -0.4 is 11.1 Å². The van der Waals surface area contributed by atoms with Crippen molar-refractivity contribution in [2.75, 3.05) is 11.1 Å². The summed E-state index contributed by atoms with van der Waals surface area (Å²) in [6.07, 6.45) is 1.45. The summed E-state index contributed by atoms with van der Waals surface area (Å²) < 4.78 is 0.821. The molecule has 0 aliphatic rings. The number of carbonyl (C=O) groups is 1. The summed E-state index contributed by atoms with van der Waals surface area (Å²) in [5.41, 5.74) is 7.78. The third kappa shape index (κ3) is 3.24. The molecule has 2 aromatic rings. The van der Waals surface area contributed by atoms with Gasteiger partial charge in [0.2, 0.25) is 0 Å². The molecule has 0 unspecified atom stereocenters. The Morgan fingerprint density at radius 2 is 2.16 bits per heavy atom. The lowest BCUT2D eigenvalue weighted by atomic mass is 10.2. The number of halogens is 2. The number of anilines is 2. The highest BCUT2D eigenvalue weighted by atomic mass is 79.9. The van der Waals surface area contributed by atoms with Gasteiger partial charge in [-0.25, -0.2) is 0 Å². The maximum absolute atomic E-state index is 12.1. The number of hydrogen-bond donors (Lipinski definition) is 2. The van der Waals surface area contributed by atoms with Crippen LogP contribution in [0.15, 0.2) is 34.9 Å². The second-order valence-corrected chi connectivity index (χ2v) is 5.31. The van der Waals surface area contributed by atoms with Crippen molar-refractivity contribution < 1.29 is 4.79 Å². The van der Waals surface area contributed by atoms with Crippen LogP contribution >= 0.6 is 27.5 Å². The van der Waals surface area contributed by atoms with Crippen LogP contribution in [0.3, 0.4) is 0 Å². The summed E-state index contributed by atoms with van der Waals surface area (Å²) in [6.45, 7) is 1.81. The number of hydrogen-bond acceptors (Lipinski definition) is 3. The number of rotatable bonds is 2. The molecule has 1 aromatic carbocycles. The summed E-state index contributed by atoms with van der Waals surface area (Å²) in [5, 5.41) is 3.16. The Hall–Kier alpha value is -1.59. The van der Waals surface area contributed by atoms with Gasteiger partial charge in [-0.05, 0) is 31.2 Å². The van der Waals surface area contributed by atoms with Crippen LogP contribution in [0.1, 0.15) is 16.1 Å². The van der Waals surface area contributed by atoms with E-state index in [9.17, 15) is 4.79 Å². The van der Waals surface area contributed by atoms with E-state index in [4.69, 9.17) is 17.3 Å². The van der Waals surface area contributed by atoms with E-state index in [-0.39, 0.29) is 5.91 Å². The Bertz CT molecular complexity index is 646. The molecule has 98 valence electrons. The molecular weight excluding hydrogens is 330 g/mol. The molecule has 0 spiro atoms. The molecule has 1 heterocycles. The topological polar surface area (TPSA) is 68.0 Å². The van der Waals surface area contributed by atoms with E-state index in [0.717, 1.165) is 10.2 Å². The molecule has 1 aromatic heterocycles. The second kappa shape index (κ2) is 5.59. The van der Waals surface area contributed by atoms with Gasteiger partial charge in [-0.2, -0.15) is 0 Å². The Balaban J connectivity index is 2.28. The van der Waals surface area contributed by atoms with Crippen LogP contribution in [0.2, 0.25) is 5.02 Å². The molecule has 6 heteroatoms. The highest BCUT2D eigenvalue weighted by molar-refractivity contribution is 9.10. The quantitative estimate of drug-likeness (QED) is 0.877. The SMILES string of the molecule is Cc1cc(N)c(C(=O)Nc2cc(Br)ccc2Cl)cn1. The van der Waals surface area contributed by atoms with E-state index in [1.807, 2.05) is 6.92 Å². The number of benzene rings is 1. The molecule has 0 saturated carbocycles. The Labute approximate surface area is 124 Å². The van der Waals surface area contributed by atoms with Crippen molar-refractivity contribution >= 4 is 44.8 Å². The van der Waals surface area contributed by atoms with Crippen molar-refractivity contribution in [3.05, 3.63) is 51.2 Å². The van der Waals surface area contributed by atoms with Crippen LogP contribution in [0.4, 0.5) is 11.4 Å². The molecule has 0 radical (unpaired) electrons. The highest BCUT2D eigenvalue weighted by Gasteiger charge is 2.12. The van der Waals surface area contributed by atoms with Crippen LogP contribution in [0.5, 0.6) is 0 Å². The summed E-state index contributed by atoms with van der Waals surface area (Å²) in [5.74, 6) is -0.343. The molecule has 0 atom stereocenters. The van der Waals surface area contributed by atoms with Crippen molar-refractivity contribution in [1.29, 1.82) is 0 Å². The molecule has 0 aliphatic carbocycles. The highest BCUT2D eigenvalue weighted by Crippen LogP contribution is 2.26. The maximum Gasteiger partial charge on any atom is 0.259 e. The summed E-state index contributed by atoms with van der Waals surface area (Å²) in [6, 6.07) is 6.85. The van der Waals surface area contributed by atoms with E-state index < -0.39 is 0 Å². The number of pyridine rings is 1. The molecule has 1 amide bonds. The van der Waals surface area contributed by atoms with Crippen LogP contribution in [0, 0.1) is 6.92 Å². The minimum absolute atomic E-state index is 0.321. The lowest BCUT2D eigenvalue weighted by Gasteiger charge is -2.09. The fourth-order valence-corrected chi connectivity index (χ4v) is 2.08. The summed E-state index contributed by atoms with van der Waals surface area (Å²) >= 11 is 9.33. The van der Waals surface area contributed by atoms with Crippen molar-refractivity contribution in [2.45, 2.75) is 6.92 Å². The molecule has 3 N–H and O–H groups in total. The minimum atomic E-state index is -0.343. The second-order valence-electron chi connectivity index (χ2n) is 3.99. The van der Waals surface area contributed by atoms with Crippen molar-refractivity contribution in [3.63, 3.8) is 0 Å². The zero-order chi connectivity index (χ0) is 14.0. The predicted molar refractivity (Wildman–Crippen MR) is 80.5 cm³/mol. The third-order valence-corrected chi connectivity index (χ3v) is 3.32. The van der Waals surface area contributed by atoms with Crippen molar-refractivity contribution in [2.24, 2.45) is 0 Å². The number of aryl methyl sites for hydroxylation is 1. The molecule has 0 fully saturated rings. The molecule has 4 nitrogen and oxygen atoms in total. The van der Waals surface area contributed by atoms with E-state index in [1.165, 1.54) is 6.20 Å². The Morgan fingerprint density at radius 3 is 2.84 bits per heavy atom.